The summed E-state index contributed by atoms with van der Waals surface area (Å²) >= 11 is 0. The molecule has 0 bridgehead atoms. The summed E-state index contributed by atoms with van der Waals surface area (Å²) in [6, 6.07) is 14.2. The fourth-order valence-electron chi connectivity index (χ4n) is 2.92. The largest absolute Gasteiger partial charge is 0.494 e. The third-order valence-corrected chi connectivity index (χ3v) is 5.99. The van der Waals surface area contributed by atoms with Gasteiger partial charge in [0.05, 0.1) is 24.4 Å². The zero-order chi connectivity index (χ0) is 24.1. The number of fused-ring (bicyclic) bond motifs is 1. The number of ketones is 1. The van der Waals surface area contributed by atoms with Crippen molar-refractivity contribution in [1.82, 2.24) is 9.97 Å². The molecule has 2 aromatic carbocycles. The molecule has 0 saturated heterocycles. The van der Waals surface area contributed by atoms with Crippen molar-refractivity contribution in [3.8, 4) is 5.75 Å². The minimum Gasteiger partial charge on any atom is -0.494 e. The van der Waals surface area contributed by atoms with Gasteiger partial charge in [0.25, 0.3) is 10.0 Å². The molecule has 0 radical (unpaired) electrons. The first-order valence-corrected chi connectivity index (χ1v) is 11.3. The monoisotopic (exact) mass is 478 g/mol. The summed E-state index contributed by atoms with van der Waals surface area (Å²) in [6.07, 6.45) is 5.22. The van der Waals surface area contributed by atoms with Crippen molar-refractivity contribution in [2.45, 2.75) is 4.90 Å². The average Bonchev–Trinajstić information content (AvgIpc) is 2.84. The first-order valence-electron chi connectivity index (χ1n) is 9.85. The van der Waals surface area contributed by atoms with E-state index in [1.54, 1.807) is 24.3 Å². The van der Waals surface area contributed by atoms with Gasteiger partial charge in [-0.15, -0.1) is 0 Å². The zero-order valence-electron chi connectivity index (χ0n) is 17.8. The SMILES string of the molecule is COc1cnc(NS(=O)(=O)c2ccc(N/C=C\C(=O)c3cc4ccccc4oc3=O)cc2)nc1. The normalized spacial score (nSPS) is 11.4. The van der Waals surface area contributed by atoms with Crippen molar-refractivity contribution in [3.63, 3.8) is 0 Å². The first-order chi connectivity index (χ1) is 16.4. The number of allylic oxidation sites excluding steroid dienone is 1. The van der Waals surface area contributed by atoms with Gasteiger partial charge < -0.3 is 14.5 Å². The lowest BCUT2D eigenvalue weighted by atomic mass is 10.1. The van der Waals surface area contributed by atoms with Crippen LogP contribution in [0.15, 0.2) is 93.4 Å². The number of aromatic nitrogens is 2. The van der Waals surface area contributed by atoms with Gasteiger partial charge in [0.2, 0.25) is 5.95 Å². The summed E-state index contributed by atoms with van der Waals surface area (Å²) in [6.45, 7) is 0. The van der Waals surface area contributed by atoms with Crippen LogP contribution in [-0.2, 0) is 10.0 Å². The minimum atomic E-state index is -3.90. The lowest BCUT2D eigenvalue weighted by Gasteiger charge is -2.08. The van der Waals surface area contributed by atoms with Gasteiger partial charge in [-0.05, 0) is 36.4 Å². The molecule has 0 saturated carbocycles. The van der Waals surface area contributed by atoms with E-state index in [4.69, 9.17) is 9.15 Å². The molecule has 0 aliphatic heterocycles. The van der Waals surface area contributed by atoms with Crippen molar-refractivity contribution >= 4 is 38.4 Å². The van der Waals surface area contributed by atoms with E-state index in [2.05, 4.69) is 20.0 Å². The Labute approximate surface area is 194 Å². The van der Waals surface area contributed by atoms with E-state index < -0.39 is 21.4 Å². The molecule has 2 heterocycles. The molecule has 0 unspecified atom stereocenters. The number of carbonyl (C=O) groups excluding carboxylic acids is 1. The molecule has 0 spiro atoms. The molecule has 4 aromatic rings. The van der Waals surface area contributed by atoms with Crippen LogP contribution in [0.1, 0.15) is 10.4 Å². The molecule has 10 nitrogen and oxygen atoms in total. The topological polar surface area (TPSA) is 140 Å². The number of hydrogen-bond donors (Lipinski definition) is 2. The summed E-state index contributed by atoms with van der Waals surface area (Å²) in [4.78, 5) is 32.2. The average molecular weight is 478 g/mol. The highest BCUT2D eigenvalue weighted by atomic mass is 32.2. The number of sulfonamides is 1. The minimum absolute atomic E-state index is 0.00806. The first kappa shape index (κ1) is 22.7. The number of hydrogen-bond acceptors (Lipinski definition) is 9. The van der Waals surface area contributed by atoms with Gasteiger partial charge in [0.1, 0.15) is 11.1 Å². The number of para-hydroxylation sites is 1. The van der Waals surface area contributed by atoms with Crippen molar-refractivity contribution in [3.05, 3.63) is 95.3 Å². The maximum atomic E-state index is 12.5. The zero-order valence-corrected chi connectivity index (χ0v) is 18.6. The maximum absolute atomic E-state index is 12.5. The second kappa shape index (κ2) is 9.55. The van der Waals surface area contributed by atoms with E-state index in [-0.39, 0.29) is 16.4 Å². The van der Waals surface area contributed by atoms with Crippen LogP contribution in [-0.4, -0.2) is 31.3 Å². The van der Waals surface area contributed by atoms with E-state index in [1.165, 1.54) is 62.1 Å². The highest BCUT2D eigenvalue weighted by molar-refractivity contribution is 7.92. The van der Waals surface area contributed by atoms with Crippen LogP contribution < -0.4 is 20.4 Å². The smallest absolute Gasteiger partial charge is 0.347 e. The summed E-state index contributed by atoms with van der Waals surface area (Å²) in [5.41, 5.74) is 0.102. The Morgan fingerprint density at radius 1 is 1.06 bits per heavy atom. The molecule has 11 heteroatoms. The summed E-state index contributed by atoms with van der Waals surface area (Å²) in [5, 5.41) is 3.49. The number of rotatable bonds is 8. The summed E-state index contributed by atoms with van der Waals surface area (Å²) in [7, 11) is -2.46. The van der Waals surface area contributed by atoms with Crippen LogP contribution in [0.25, 0.3) is 11.0 Å². The van der Waals surface area contributed by atoms with Crippen molar-refractivity contribution < 1.29 is 22.4 Å². The molecule has 0 atom stereocenters. The molecule has 2 N–H and O–H groups in total. The Balaban J connectivity index is 1.42. The summed E-state index contributed by atoms with van der Waals surface area (Å²) < 4.78 is 37.4. The van der Waals surface area contributed by atoms with Crippen LogP contribution in [0, 0.1) is 0 Å². The van der Waals surface area contributed by atoms with E-state index >= 15 is 0 Å². The number of nitrogens with one attached hydrogen (secondary N) is 2. The van der Waals surface area contributed by atoms with Crippen molar-refractivity contribution in [1.29, 1.82) is 0 Å². The molecule has 4 rings (SSSR count). The Kier molecular flexibility index (Phi) is 6.37. The van der Waals surface area contributed by atoms with Crippen LogP contribution in [0.4, 0.5) is 11.6 Å². The number of nitrogens with zero attached hydrogens (tertiary/aromatic N) is 2. The van der Waals surface area contributed by atoms with Crippen molar-refractivity contribution in [2.24, 2.45) is 0 Å². The highest BCUT2D eigenvalue weighted by Crippen LogP contribution is 2.18. The molecular formula is C23H18N4O6S. The van der Waals surface area contributed by atoms with Gasteiger partial charge in [-0.2, -0.15) is 0 Å². The van der Waals surface area contributed by atoms with Gasteiger partial charge in [0, 0.05) is 23.3 Å². The highest BCUT2D eigenvalue weighted by Gasteiger charge is 2.16. The summed E-state index contributed by atoms with van der Waals surface area (Å²) in [5.74, 6) is -0.232. The van der Waals surface area contributed by atoms with E-state index in [9.17, 15) is 18.0 Å². The lowest BCUT2D eigenvalue weighted by molar-refractivity contribution is 0.104. The van der Waals surface area contributed by atoms with Gasteiger partial charge in [-0.1, -0.05) is 18.2 Å². The van der Waals surface area contributed by atoms with Gasteiger partial charge in [-0.25, -0.2) is 27.9 Å². The molecule has 0 aliphatic rings. The Hall–Kier alpha value is -4.51. The van der Waals surface area contributed by atoms with Gasteiger partial charge in [0.15, 0.2) is 11.5 Å². The van der Waals surface area contributed by atoms with E-state index in [0.717, 1.165) is 0 Å². The van der Waals surface area contributed by atoms with E-state index in [0.29, 0.717) is 22.4 Å². The Morgan fingerprint density at radius 3 is 2.47 bits per heavy atom. The third-order valence-electron chi connectivity index (χ3n) is 4.65. The molecule has 172 valence electrons. The predicted molar refractivity (Wildman–Crippen MR) is 125 cm³/mol. The van der Waals surface area contributed by atoms with E-state index in [1.807, 2.05) is 0 Å². The fourth-order valence-corrected chi connectivity index (χ4v) is 3.88. The maximum Gasteiger partial charge on any atom is 0.347 e. The quantitative estimate of drug-likeness (QED) is 0.222. The number of ether oxygens (including phenoxy) is 1. The molecule has 0 aliphatic carbocycles. The second-order valence-corrected chi connectivity index (χ2v) is 8.59. The van der Waals surface area contributed by atoms with Gasteiger partial charge in [-0.3, -0.25) is 4.79 Å². The molecule has 2 aromatic heterocycles. The molecule has 34 heavy (non-hydrogen) atoms. The van der Waals surface area contributed by atoms with Crippen LogP contribution in [0.2, 0.25) is 0 Å². The standard InChI is InChI=1S/C23H18N4O6S/c1-32-17-13-25-23(26-14-17)27-34(30,31)18-8-6-16(7-9-18)24-11-10-20(28)19-12-15-4-2-3-5-21(15)33-22(19)29/h2-14,24H,1H3,(H,25,26,27)/b11-10-. The van der Waals surface area contributed by atoms with Crippen molar-refractivity contribution in [2.75, 3.05) is 17.1 Å². The Bertz CT molecular complexity index is 1530. The van der Waals surface area contributed by atoms with Gasteiger partial charge >= 0.3 is 5.63 Å². The second-order valence-electron chi connectivity index (χ2n) is 6.90. The third kappa shape index (κ3) is 5.10. The fraction of sp³-hybridized carbons (Fsp3) is 0.0435. The molecular weight excluding hydrogens is 460 g/mol. The predicted octanol–water partition coefficient (Wildman–Crippen LogP) is 3.20. The molecule has 0 amide bonds. The number of methoxy groups -OCH3 is 1. The molecule has 0 fully saturated rings. The number of benzene rings is 2. The lowest BCUT2D eigenvalue weighted by Crippen LogP contribution is -2.15. The van der Waals surface area contributed by atoms with Crippen LogP contribution in [0.5, 0.6) is 5.75 Å². The number of anilines is 2. The number of carbonyl (C=O) groups is 1. The van der Waals surface area contributed by atoms with Crippen LogP contribution in [0.3, 0.4) is 0 Å². The Morgan fingerprint density at radius 2 is 1.76 bits per heavy atom. The van der Waals surface area contributed by atoms with Crippen LogP contribution >= 0.6 is 0 Å².